The highest BCUT2D eigenvalue weighted by Crippen LogP contribution is 2.19. The summed E-state index contributed by atoms with van der Waals surface area (Å²) < 4.78 is 12.4. The van der Waals surface area contributed by atoms with Crippen molar-refractivity contribution in [3.63, 3.8) is 0 Å². The minimum absolute atomic E-state index is 0.0180. The molecule has 0 radical (unpaired) electrons. The van der Waals surface area contributed by atoms with Crippen LogP contribution in [-0.4, -0.2) is 17.1 Å². The molecule has 3 nitrogen and oxygen atoms in total. The summed E-state index contributed by atoms with van der Waals surface area (Å²) in [7, 11) is 1.54. The van der Waals surface area contributed by atoms with Crippen molar-refractivity contribution >= 4 is 10.9 Å². The standard InChI is InChI=1S/C9H8N2O/c1-12-9-7-4-2-3-5-8(7)10-6-11-9/h2-6H,1H3/i6D. The van der Waals surface area contributed by atoms with Gasteiger partial charge in [-0.15, -0.1) is 0 Å². The van der Waals surface area contributed by atoms with E-state index >= 15 is 0 Å². The van der Waals surface area contributed by atoms with Crippen LogP contribution in [-0.2, 0) is 0 Å². The fraction of sp³-hybridized carbons (Fsp3) is 0.111. The van der Waals surface area contributed by atoms with Gasteiger partial charge in [0, 0.05) is 0 Å². The van der Waals surface area contributed by atoms with Gasteiger partial charge in [0.15, 0.2) is 0 Å². The summed E-state index contributed by atoms with van der Waals surface area (Å²) in [6.07, 6.45) is -0.0180. The van der Waals surface area contributed by atoms with Gasteiger partial charge in [0.25, 0.3) is 0 Å². The molecule has 0 fully saturated rings. The first-order valence-corrected chi connectivity index (χ1v) is 3.58. The number of nitrogens with zero attached hydrogens (tertiary/aromatic N) is 2. The SMILES string of the molecule is [2H]c1nc(OC)c2ccccc2n1. The third-order valence-corrected chi connectivity index (χ3v) is 1.65. The van der Waals surface area contributed by atoms with E-state index < -0.39 is 0 Å². The lowest BCUT2D eigenvalue weighted by Gasteiger charge is -2.01. The lowest BCUT2D eigenvalue weighted by Crippen LogP contribution is -1.89. The average molecular weight is 161 g/mol. The maximum Gasteiger partial charge on any atom is 0.224 e. The first kappa shape index (κ1) is 5.94. The summed E-state index contributed by atoms with van der Waals surface area (Å²) >= 11 is 0. The molecular weight excluding hydrogens is 152 g/mol. The molecule has 1 aromatic carbocycles. The summed E-state index contributed by atoms with van der Waals surface area (Å²) in [5.41, 5.74) is 0.736. The minimum atomic E-state index is -0.0180. The van der Waals surface area contributed by atoms with Crippen molar-refractivity contribution in [1.82, 2.24) is 9.97 Å². The summed E-state index contributed by atoms with van der Waals surface area (Å²) in [4.78, 5) is 7.81. The smallest absolute Gasteiger partial charge is 0.224 e. The Morgan fingerprint density at radius 1 is 1.33 bits per heavy atom. The van der Waals surface area contributed by atoms with E-state index in [1.54, 1.807) is 0 Å². The fourth-order valence-corrected chi connectivity index (χ4v) is 1.09. The first-order chi connectivity index (χ1) is 6.31. The van der Waals surface area contributed by atoms with E-state index in [0.29, 0.717) is 5.88 Å². The van der Waals surface area contributed by atoms with E-state index in [2.05, 4.69) is 9.97 Å². The quantitative estimate of drug-likeness (QED) is 0.637. The lowest BCUT2D eigenvalue weighted by molar-refractivity contribution is 0.402. The van der Waals surface area contributed by atoms with Crippen LogP contribution in [0, 0.1) is 0 Å². The molecule has 0 N–H and O–H groups in total. The number of hydrogen-bond acceptors (Lipinski definition) is 3. The Kier molecular flexibility index (Phi) is 1.37. The van der Waals surface area contributed by atoms with Gasteiger partial charge in [0.1, 0.15) is 7.67 Å². The van der Waals surface area contributed by atoms with Gasteiger partial charge >= 0.3 is 0 Å². The number of para-hydroxylation sites is 1. The van der Waals surface area contributed by atoms with Gasteiger partial charge < -0.3 is 4.74 Å². The van der Waals surface area contributed by atoms with Gasteiger partial charge in [-0.2, -0.15) is 0 Å². The summed E-state index contributed by atoms with van der Waals surface area (Å²) in [6.45, 7) is 0. The maximum absolute atomic E-state index is 7.32. The van der Waals surface area contributed by atoms with Crippen LogP contribution in [0.5, 0.6) is 5.88 Å². The molecule has 0 unspecified atom stereocenters. The molecule has 60 valence electrons. The van der Waals surface area contributed by atoms with Crippen LogP contribution in [0.4, 0.5) is 0 Å². The lowest BCUT2D eigenvalue weighted by atomic mass is 10.2. The van der Waals surface area contributed by atoms with Crippen LogP contribution in [0.3, 0.4) is 0 Å². The third-order valence-electron chi connectivity index (χ3n) is 1.65. The van der Waals surface area contributed by atoms with Gasteiger partial charge in [-0.25, -0.2) is 9.97 Å². The Balaban J connectivity index is 2.81. The summed E-state index contributed by atoms with van der Waals surface area (Å²) in [5.74, 6) is 0.454. The van der Waals surface area contributed by atoms with Crippen molar-refractivity contribution in [3.8, 4) is 5.88 Å². The van der Waals surface area contributed by atoms with Gasteiger partial charge in [-0.3, -0.25) is 0 Å². The molecule has 0 atom stereocenters. The van der Waals surface area contributed by atoms with Gasteiger partial charge in [0.05, 0.1) is 18.0 Å². The zero-order valence-corrected chi connectivity index (χ0v) is 6.61. The summed E-state index contributed by atoms with van der Waals surface area (Å²) in [5, 5.41) is 0.834. The Labute approximate surface area is 71.4 Å². The maximum atomic E-state index is 7.32. The van der Waals surface area contributed by atoms with Crippen molar-refractivity contribution in [3.05, 3.63) is 30.6 Å². The predicted octanol–water partition coefficient (Wildman–Crippen LogP) is 1.64. The zero-order valence-electron chi connectivity index (χ0n) is 7.61. The molecule has 12 heavy (non-hydrogen) atoms. The topological polar surface area (TPSA) is 35.0 Å². The normalized spacial score (nSPS) is 11.2. The number of methoxy groups -OCH3 is 1. The number of fused-ring (bicyclic) bond motifs is 1. The van der Waals surface area contributed by atoms with Crippen LogP contribution in [0.15, 0.2) is 30.6 Å². The first-order valence-electron chi connectivity index (χ1n) is 4.08. The number of benzene rings is 1. The van der Waals surface area contributed by atoms with Crippen molar-refractivity contribution in [2.75, 3.05) is 7.11 Å². The van der Waals surface area contributed by atoms with E-state index in [0.717, 1.165) is 10.9 Å². The summed E-state index contributed by atoms with van der Waals surface area (Å²) in [6, 6.07) is 7.46. The van der Waals surface area contributed by atoms with E-state index in [9.17, 15) is 0 Å². The molecule has 0 saturated heterocycles. The Morgan fingerprint density at radius 3 is 3.00 bits per heavy atom. The van der Waals surface area contributed by atoms with Gasteiger partial charge in [-0.1, -0.05) is 12.1 Å². The van der Waals surface area contributed by atoms with Crippen LogP contribution in [0.2, 0.25) is 0 Å². The molecule has 0 saturated carbocycles. The van der Waals surface area contributed by atoms with Gasteiger partial charge in [-0.05, 0) is 12.1 Å². The van der Waals surface area contributed by atoms with Crippen LogP contribution >= 0.6 is 0 Å². The highest BCUT2D eigenvalue weighted by molar-refractivity contribution is 5.82. The molecular formula is C9H8N2O. The number of rotatable bonds is 1. The number of hydrogen-bond donors (Lipinski definition) is 0. The van der Waals surface area contributed by atoms with Crippen molar-refractivity contribution < 1.29 is 6.11 Å². The molecule has 1 aromatic heterocycles. The molecule has 0 aliphatic carbocycles. The highest BCUT2D eigenvalue weighted by atomic mass is 16.5. The molecule has 0 amide bonds. The molecule has 3 heteroatoms. The molecule has 2 rings (SSSR count). The number of ether oxygens (including phenoxy) is 1. The van der Waals surface area contributed by atoms with Crippen LogP contribution in [0.1, 0.15) is 1.37 Å². The third kappa shape index (κ3) is 0.993. The fourth-order valence-electron chi connectivity index (χ4n) is 1.09. The van der Waals surface area contributed by atoms with Crippen LogP contribution in [0.25, 0.3) is 10.9 Å². The second kappa shape index (κ2) is 2.77. The molecule has 0 aliphatic heterocycles. The molecule has 2 aromatic rings. The van der Waals surface area contributed by atoms with E-state index in [1.807, 2.05) is 24.3 Å². The Morgan fingerprint density at radius 2 is 2.17 bits per heavy atom. The number of aromatic nitrogens is 2. The minimum Gasteiger partial charge on any atom is -0.480 e. The molecule has 0 aliphatic rings. The van der Waals surface area contributed by atoms with E-state index in [-0.39, 0.29) is 6.30 Å². The second-order valence-electron chi connectivity index (χ2n) is 2.35. The Bertz CT molecular complexity index is 445. The monoisotopic (exact) mass is 161 g/mol. The predicted molar refractivity (Wildman–Crippen MR) is 46.1 cm³/mol. The molecule has 0 spiro atoms. The van der Waals surface area contributed by atoms with Crippen molar-refractivity contribution in [1.29, 1.82) is 0 Å². The molecule has 0 bridgehead atoms. The van der Waals surface area contributed by atoms with E-state index in [1.165, 1.54) is 7.11 Å². The molecule has 1 heterocycles. The van der Waals surface area contributed by atoms with Crippen molar-refractivity contribution in [2.45, 2.75) is 0 Å². The average Bonchev–Trinajstić information content (AvgIpc) is 2.16. The second-order valence-corrected chi connectivity index (χ2v) is 2.35. The highest BCUT2D eigenvalue weighted by Gasteiger charge is 2.00. The van der Waals surface area contributed by atoms with Crippen LogP contribution < -0.4 is 4.74 Å². The van der Waals surface area contributed by atoms with E-state index in [4.69, 9.17) is 6.11 Å². The zero-order chi connectivity index (χ0) is 9.26. The van der Waals surface area contributed by atoms with Crippen molar-refractivity contribution in [2.24, 2.45) is 0 Å². The Hall–Kier alpha value is -1.64. The van der Waals surface area contributed by atoms with Gasteiger partial charge in [0.2, 0.25) is 5.88 Å². The largest absolute Gasteiger partial charge is 0.480 e.